The summed E-state index contributed by atoms with van der Waals surface area (Å²) >= 11 is 0. The van der Waals surface area contributed by atoms with Crippen LogP contribution in [0.2, 0.25) is 0 Å². The maximum Gasteiger partial charge on any atom is 0.418 e. The lowest BCUT2D eigenvalue weighted by molar-refractivity contribution is -0.137. The van der Waals surface area contributed by atoms with Crippen LogP contribution in [-0.4, -0.2) is 45.3 Å². The second-order valence-electron chi connectivity index (χ2n) is 8.34. The van der Waals surface area contributed by atoms with Gasteiger partial charge in [-0.1, -0.05) is 13.8 Å². The van der Waals surface area contributed by atoms with E-state index in [2.05, 4.69) is 51.2 Å². The maximum absolute atomic E-state index is 13.8. The zero-order valence-corrected chi connectivity index (χ0v) is 17.2. The van der Waals surface area contributed by atoms with Crippen LogP contribution >= 0.6 is 0 Å². The molecule has 0 spiro atoms. The van der Waals surface area contributed by atoms with E-state index in [0.717, 1.165) is 12.5 Å². The molecule has 0 radical (unpaired) electrons. The Morgan fingerprint density at radius 2 is 2.00 bits per heavy atom. The minimum atomic E-state index is -4.53. The van der Waals surface area contributed by atoms with Crippen LogP contribution < -0.4 is 10.2 Å². The lowest BCUT2D eigenvalue weighted by atomic mass is 10.00. The van der Waals surface area contributed by atoms with Crippen LogP contribution in [-0.2, 0) is 6.18 Å². The summed E-state index contributed by atoms with van der Waals surface area (Å²) in [6.45, 7) is 7.79. The van der Waals surface area contributed by atoms with E-state index in [9.17, 15) is 13.2 Å². The molecule has 0 aromatic carbocycles. The minimum absolute atomic E-state index is 0.151. The van der Waals surface area contributed by atoms with Gasteiger partial charge in [0.25, 0.3) is 0 Å². The van der Waals surface area contributed by atoms with E-state index < -0.39 is 11.7 Å². The number of alkyl halides is 3. The van der Waals surface area contributed by atoms with Gasteiger partial charge in [-0.05, 0) is 43.5 Å². The molecule has 9 heteroatoms. The third-order valence-electron chi connectivity index (χ3n) is 5.29. The Morgan fingerprint density at radius 3 is 2.73 bits per heavy atom. The summed E-state index contributed by atoms with van der Waals surface area (Å²) < 4.78 is 41.3. The van der Waals surface area contributed by atoms with Crippen molar-refractivity contribution in [1.82, 2.24) is 25.5 Å². The molecule has 0 unspecified atom stereocenters. The summed E-state index contributed by atoms with van der Waals surface area (Å²) in [6, 6.07) is 6.43. The average molecular weight is 418 g/mol. The normalized spacial score (nSPS) is 20.3. The van der Waals surface area contributed by atoms with Crippen LogP contribution in [0.1, 0.15) is 32.8 Å². The minimum Gasteiger partial charge on any atom is -0.353 e. The largest absolute Gasteiger partial charge is 0.418 e. The first kappa shape index (κ1) is 20.6. The molecule has 1 aliphatic heterocycles. The van der Waals surface area contributed by atoms with E-state index in [-0.39, 0.29) is 23.5 Å². The van der Waals surface area contributed by atoms with Crippen LogP contribution in [0.5, 0.6) is 0 Å². The summed E-state index contributed by atoms with van der Waals surface area (Å²) in [7, 11) is 0. The Labute approximate surface area is 172 Å². The second-order valence-corrected chi connectivity index (χ2v) is 8.34. The van der Waals surface area contributed by atoms with E-state index in [4.69, 9.17) is 0 Å². The fraction of sp³-hybridized carbons (Fsp3) is 0.476. The number of aromatic nitrogens is 4. The number of rotatable bonds is 4. The smallest absolute Gasteiger partial charge is 0.353 e. The number of hydrogen-bond acceptors (Lipinski definition) is 5. The van der Waals surface area contributed by atoms with Gasteiger partial charge in [0, 0.05) is 36.8 Å². The summed E-state index contributed by atoms with van der Waals surface area (Å²) in [5.74, 6) is 1.06. The summed E-state index contributed by atoms with van der Waals surface area (Å²) in [6.07, 6.45) is -1.99. The number of anilines is 1. The Bertz CT molecular complexity index is 1030. The van der Waals surface area contributed by atoms with Crippen LogP contribution in [0.4, 0.5) is 19.0 Å². The fourth-order valence-corrected chi connectivity index (χ4v) is 4.15. The number of H-pyrrole nitrogens is 1. The molecular weight excluding hydrogens is 393 g/mol. The highest BCUT2D eigenvalue weighted by molar-refractivity contribution is 5.90. The summed E-state index contributed by atoms with van der Waals surface area (Å²) in [5.41, 5.74) is -0.348. The number of halogens is 3. The van der Waals surface area contributed by atoms with Gasteiger partial charge in [0.05, 0.1) is 11.3 Å². The number of aromatic amines is 1. The standard InChI is InChI=1S/C21H25F3N6/c1-12(2)9-14-11-30(10-13(3)26-14)17-7-6-16(21(22,23)24)19(27-17)18-15-5-4-8-25-20(15)29-28-18/h4-8,12-14,26H,9-11H2,1-3H3,(H,25,28,29)/t13-,14-/m0/s1. The molecule has 2 atom stereocenters. The van der Waals surface area contributed by atoms with Crippen molar-refractivity contribution in [2.24, 2.45) is 5.92 Å². The Kier molecular flexibility index (Phi) is 5.40. The van der Waals surface area contributed by atoms with Gasteiger partial charge < -0.3 is 10.2 Å². The number of hydrogen-bond donors (Lipinski definition) is 2. The molecule has 30 heavy (non-hydrogen) atoms. The summed E-state index contributed by atoms with van der Waals surface area (Å²) in [4.78, 5) is 10.7. The Hall–Kier alpha value is -2.68. The highest BCUT2D eigenvalue weighted by Crippen LogP contribution is 2.38. The SMILES string of the molecule is CC(C)C[C@H]1CN(c2ccc(C(F)(F)F)c(-c3[nH]nc4ncccc34)n2)C[C@H](C)N1. The van der Waals surface area contributed by atoms with E-state index in [1.165, 1.54) is 6.07 Å². The molecule has 4 heterocycles. The topological polar surface area (TPSA) is 69.7 Å². The van der Waals surface area contributed by atoms with Crippen molar-refractivity contribution in [3.8, 4) is 11.4 Å². The van der Waals surface area contributed by atoms with Crippen molar-refractivity contribution in [2.45, 2.75) is 45.5 Å². The van der Waals surface area contributed by atoms with Gasteiger partial charge in [-0.25, -0.2) is 9.97 Å². The molecule has 1 aliphatic rings. The molecule has 3 aromatic heterocycles. The van der Waals surface area contributed by atoms with Crippen molar-refractivity contribution < 1.29 is 13.2 Å². The van der Waals surface area contributed by atoms with Crippen molar-refractivity contribution in [3.63, 3.8) is 0 Å². The van der Waals surface area contributed by atoms with Crippen molar-refractivity contribution in [3.05, 3.63) is 36.0 Å². The van der Waals surface area contributed by atoms with Crippen molar-refractivity contribution >= 4 is 16.9 Å². The van der Waals surface area contributed by atoms with Crippen LogP contribution in [0.15, 0.2) is 30.5 Å². The number of pyridine rings is 2. The Balaban J connectivity index is 1.77. The number of nitrogens with one attached hydrogen (secondary N) is 2. The lowest BCUT2D eigenvalue weighted by Crippen LogP contribution is -2.56. The predicted octanol–water partition coefficient (Wildman–Crippen LogP) is 4.25. The molecule has 6 nitrogen and oxygen atoms in total. The molecular formula is C21H25F3N6. The Morgan fingerprint density at radius 1 is 1.20 bits per heavy atom. The number of piperazine rings is 1. The van der Waals surface area contributed by atoms with Gasteiger partial charge in [0.2, 0.25) is 0 Å². The van der Waals surface area contributed by atoms with Crippen molar-refractivity contribution in [2.75, 3.05) is 18.0 Å². The molecule has 1 saturated heterocycles. The monoisotopic (exact) mass is 418 g/mol. The van der Waals surface area contributed by atoms with Gasteiger partial charge in [-0.3, -0.25) is 5.10 Å². The van der Waals surface area contributed by atoms with Gasteiger partial charge in [0.1, 0.15) is 11.5 Å². The van der Waals surface area contributed by atoms with Crippen LogP contribution in [0.3, 0.4) is 0 Å². The van der Waals surface area contributed by atoms with E-state index in [1.54, 1.807) is 18.3 Å². The number of fused-ring (bicyclic) bond motifs is 1. The highest BCUT2D eigenvalue weighted by atomic mass is 19.4. The number of nitrogens with zero attached hydrogens (tertiary/aromatic N) is 4. The molecule has 3 aromatic rings. The fourth-order valence-electron chi connectivity index (χ4n) is 4.15. The van der Waals surface area contributed by atoms with Crippen molar-refractivity contribution in [1.29, 1.82) is 0 Å². The first-order valence-corrected chi connectivity index (χ1v) is 10.1. The molecule has 2 N–H and O–H groups in total. The average Bonchev–Trinajstić information content (AvgIpc) is 3.10. The van der Waals surface area contributed by atoms with Gasteiger partial charge in [0.15, 0.2) is 5.65 Å². The lowest BCUT2D eigenvalue weighted by Gasteiger charge is -2.39. The van der Waals surface area contributed by atoms with E-state index in [0.29, 0.717) is 35.9 Å². The predicted molar refractivity (Wildman–Crippen MR) is 110 cm³/mol. The van der Waals surface area contributed by atoms with Gasteiger partial charge in [-0.2, -0.15) is 18.3 Å². The zero-order valence-electron chi connectivity index (χ0n) is 17.2. The molecule has 1 fully saturated rings. The molecule has 0 amide bonds. The third-order valence-corrected chi connectivity index (χ3v) is 5.29. The third kappa shape index (κ3) is 4.12. The van der Waals surface area contributed by atoms with Gasteiger partial charge >= 0.3 is 6.18 Å². The van der Waals surface area contributed by atoms with E-state index in [1.807, 2.05) is 0 Å². The maximum atomic E-state index is 13.8. The molecule has 0 saturated carbocycles. The summed E-state index contributed by atoms with van der Waals surface area (Å²) in [5, 5.41) is 10.8. The van der Waals surface area contributed by atoms with Gasteiger partial charge in [-0.15, -0.1) is 0 Å². The molecule has 160 valence electrons. The highest BCUT2D eigenvalue weighted by Gasteiger charge is 2.36. The molecule has 0 bridgehead atoms. The second kappa shape index (κ2) is 7.86. The quantitative estimate of drug-likeness (QED) is 0.663. The van der Waals surface area contributed by atoms with E-state index >= 15 is 0 Å². The zero-order chi connectivity index (χ0) is 21.5. The first-order chi connectivity index (χ1) is 14.2. The van der Waals surface area contributed by atoms with Crippen LogP contribution in [0.25, 0.3) is 22.4 Å². The molecule has 0 aliphatic carbocycles. The molecule has 4 rings (SSSR count). The van der Waals surface area contributed by atoms with Crippen LogP contribution in [0, 0.1) is 5.92 Å². The first-order valence-electron chi connectivity index (χ1n) is 10.1.